The zero-order valence-corrected chi connectivity index (χ0v) is 16.3. The Kier molecular flexibility index (Phi) is 5.18. The van der Waals surface area contributed by atoms with Gasteiger partial charge in [-0.1, -0.05) is 42.5 Å². The Balaban J connectivity index is 1.46. The van der Waals surface area contributed by atoms with E-state index in [1.807, 2.05) is 25.1 Å². The maximum atomic E-state index is 12.5. The summed E-state index contributed by atoms with van der Waals surface area (Å²) >= 11 is 0. The molecule has 0 unspecified atom stereocenters. The Morgan fingerprint density at radius 3 is 2.55 bits per heavy atom. The van der Waals surface area contributed by atoms with E-state index in [2.05, 4.69) is 34.9 Å². The predicted octanol–water partition coefficient (Wildman–Crippen LogP) is 4.06. The number of anilines is 1. The molecule has 1 amide bonds. The third-order valence-corrected chi connectivity index (χ3v) is 5.02. The smallest absolute Gasteiger partial charge is 0.238 e. The van der Waals surface area contributed by atoms with Gasteiger partial charge in [-0.2, -0.15) is 0 Å². The zero-order chi connectivity index (χ0) is 20.4. The van der Waals surface area contributed by atoms with Gasteiger partial charge in [0.05, 0.1) is 12.2 Å². The van der Waals surface area contributed by atoms with Gasteiger partial charge in [0.25, 0.3) is 0 Å². The van der Waals surface area contributed by atoms with Gasteiger partial charge in [0.1, 0.15) is 0 Å². The summed E-state index contributed by atoms with van der Waals surface area (Å²) < 4.78 is 10.7. The normalized spacial score (nSPS) is 13.3. The third-order valence-electron chi connectivity index (χ3n) is 5.02. The SMILES string of the molecule is CC(=O)c1cc2c(cc1NC(=O)CN[C@H](C)c1cccc3ccccc13)OCO2. The largest absolute Gasteiger partial charge is 0.454 e. The van der Waals surface area contributed by atoms with Crippen molar-refractivity contribution in [3.63, 3.8) is 0 Å². The van der Waals surface area contributed by atoms with Crippen LogP contribution in [0.25, 0.3) is 10.8 Å². The number of hydrogen-bond donors (Lipinski definition) is 2. The van der Waals surface area contributed by atoms with E-state index >= 15 is 0 Å². The first-order valence-corrected chi connectivity index (χ1v) is 9.48. The van der Waals surface area contributed by atoms with Crippen molar-refractivity contribution < 1.29 is 19.1 Å². The van der Waals surface area contributed by atoms with Crippen LogP contribution in [-0.4, -0.2) is 25.0 Å². The number of Topliss-reactive ketones (excluding diaryl/α,β-unsaturated/α-hetero) is 1. The Morgan fingerprint density at radius 2 is 1.76 bits per heavy atom. The Bertz CT molecular complexity index is 1090. The fourth-order valence-corrected chi connectivity index (χ4v) is 3.51. The van der Waals surface area contributed by atoms with E-state index in [4.69, 9.17) is 9.47 Å². The van der Waals surface area contributed by atoms with Crippen molar-refractivity contribution >= 4 is 28.2 Å². The monoisotopic (exact) mass is 390 g/mol. The van der Waals surface area contributed by atoms with Crippen molar-refractivity contribution in [2.75, 3.05) is 18.7 Å². The van der Waals surface area contributed by atoms with Gasteiger partial charge in [-0.05, 0) is 36.2 Å². The summed E-state index contributed by atoms with van der Waals surface area (Å²) in [5, 5.41) is 8.39. The summed E-state index contributed by atoms with van der Waals surface area (Å²) in [4.78, 5) is 24.5. The second-order valence-corrected chi connectivity index (χ2v) is 7.03. The molecule has 0 fully saturated rings. The zero-order valence-electron chi connectivity index (χ0n) is 16.3. The quantitative estimate of drug-likeness (QED) is 0.621. The lowest BCUT2D eigenvalue weighted by atomic mass is 10.00. The molecule has 1 atom stereocenters. The number of carbonyl (C=O) groups excluding carboxylic acids is 2. The number of amides is 1. The molecule has 3 aromatic rings. The highest BCUT2D eigenvalue weighted by Crippen LogP contribution is 2.37. The van der Waals surface area contributed by atoms with Crippen LogP contribution in [0.5, 0.6) is 11.5 Å². The lowest BCUT2D eigenvalue weighted by molar-refractivity contribution is -0.115. The molecule has 6 heteroatoms. The maximum absolute atomic E-state index is 12.5. The van der Waals surface area contributed by atoms with Gasteiger partial charge < -0.3 is 20.1 Å². The Morgan fingerprint density at radius 1 is 1.03 bits per heavy atom. The summed E-state index contributed by atoms with van der Waals surface area (Å²) in [5.74, 6) is 0.632. The molecule has 2 N–H and O–H groups in total. The summed E-state index contributed by atoms with van der Waals surface area (Å²) in [7, 11) is 0. The first-order valence-electron chi connectivity index (χ1n) is 9.48. The molecule has 0 bridgehead atoms. The van der Waals surface area contributed by atoms with Crippen molar-refractivity contribution in [1.82, 2.24) is 5.32 Å². The molecule has 4 rings (SSSR count). The fourth-order valence-electron chi connectivity index (χ4n) is 3.51. The minimum absolute atomic E-state index is 0.0177. The number of rotatable bonds is 6. The van der Waals surface area contributed by atoms with Crippen LogP contribution in [0.1, 0.15) is 35.8 Å². The van der Waals surface area contributed by atoms with Crippen LogP contribution in [0.2, 0.25) is 0 Å². The number of fused-ring (bicyclic) bond motifs is 2. The molecule has 1 aliphatic heterocycles. The van der Waals surface area contributed by atoms with Gasteiger partial charge >= 0.3 is 0 Å². The standard InChI is InChI=1S/C23H22N2O4/c1-14(17-9-5-7-16-6-3-4-8-18(16)17)24-12-23(27)25-20-11-22-21(28-13-29-22)10-19(20)15(2)26/h3-11,14,24H,12-13H2,1-2H3,(H,25,27)/t14-/m1/s1. The minimum atomic E-state index is -0.238. The van der Waals surface area contributed by atoms with Crippen LogP contribution in [0, 0.1) is 0 Å². The van der Waals surface area contributed by atoms with Crippen molar-refractivity contribution in [3.05, 3.63) is 65.7 Å². The molecule has 0 spiro atoms. The van der Waals surface area contributed by atoms with E-state index in [-0.39, 0.29) is 31.1 Å². The first kappa shape index (κ1) is 19.0. The van der Waals surface area contributed by atoms with Gasteiger partial charge in [-0.15, -0.1) is 0 Å². The van der Waals surface area contributed by atoms with Crippen LogP contribution in [0.4, 0.5) is 5.69 Å². The molecule has 1 heterocycles. The van der Waals surface area contributed by atoms with Gasteiger partial charge in [-0.25, -0.2) is 0 Å². The van der Waals surface area contributed by atoms with E-state index < -0.39 is 0 Å². The predicted molar refractivity (Wildman–Crippen MR) is 112 cm³/mol. The lowest BCUT2D eigenvalue weighted by Crippen LogP contribution is -2.30. The van der Waals surface area contributed by atoms with Crippen LogP contribution < -0.4 is 20.1 Å². The van der Waals surface area contributed by atoms with Crippen molar-refractivity contribution in [1.29, 1.82) is 0 Å². The summed E-state index contributed by atoms with van der Waals surface area (Å²) in [6.07, 6.45) is 0. The van der Waals surface area contributed by atoms with E-state index in [0.29, 0.717) is 22.7 Å². The number of ketones is 1. The topological polar surface area (TPSA) is 76.7 Å². The number of benzene rings is 3. The van der Waals surface area contributed by atoms with E-state index in [9.17, 15) is 9.59 Å². The molecular formula is C23H22N2O4. The maximum Gasteiger partial charge on any atom is 0.238 e. The number of ether oxygens (including phenoxy) is 2. The molecule has 6 nitrogen and oxygen atoms in total. The highest BCUT2D eigenvalue weighted by Gasteiger charge is 2.20. The molecule has 148 valence electrons. The third kappa shape index (κ3) is 3.93. The van der Waals surface area contributed by atoms with Crippen LogP contribution in [0.3, 0.4) is 0 Å². The van der Waals surface area contributed by atoms with Crippen molar-refractivity contribution in [2.24, 2.45) is 0 Å². The minimum Gasteiger partial charge on any atom is -0.454 e. The van der Waals surface area contributed by atoms with E-state index in [0.717, 1.165) is 16.3 Å². The van der Waals surface area contributed by atoms with Crippen molar-refractivity contribution in [2.45, 2.75) is 19.9 Å². The molecular weight excluding hydrogens is 368 g/mol. The highest BCUT2D eigenvalue weighted by molar-refractivity contribution is 6.05. The second-order valence-electron chi connectivity index (χ2n) is 7.03. The number of hydrogen-bond acceptors (Lipinski definition) is 5. The highest BCUT2D eigenvalue weighted by atomic mass is 16.7. The molecule has 3 aromatic carbocycles. The Labute approximate surface area is 168 Å². The molecule has 1 aliphatic rings. The summed E-state index contributed by atoms with van der Waals surface area (Å²) in [6.45, 7) is 3.69. The van der Waals surface area contributed by atoms with Crippen LogP contribution in [-0.2, 0) is 4.79 Å². The molecule has 0 saturated heterocycles. The van der Waals surface area contributed by atoms with Gasteiger partial charge in [-0.3, -0.25) is 9.59 Å². The molecule has 0 aromatic heterocycles. The molecule has 0 aliphatic carbocycles. The number of carbonyl (C=O) groups is 2. The van der Waals surface area contributed by atoms with Gasteiger partial charge in [0.15, 0.2) is 17.3 Å². The van der Waals surface area contributed by atoms with Crippen molar-refractivity contribution in [3.8, 4) is 11.5 Å². The van der Waals surface area contributed by atoms with Gasteiger partial charge in [0.2, 0.25) is 12.7 Å². The van der Waals surface area contributed by atoms with Crippen LogP contribution >= 0.6 is 0 Å². The average Bonchev–Trinajstić information content (AvgIpc) is 3.18. The summed E-state index contributed by atoms with van der Waals surface area (Å²) in [6, 6.07) is 17.5. The molecule has 0 radical (unpaired) electrons. The average molecular weight is 390 g/mol. The molecule has 0 saturated carbocycles. The number of nitrogens with one attached hydrogen (secondary N) is 2. The molecule has 29 heavy (non-hydrogen) atoms. The first-order chi connectivity index (χ1) is 14.0. The Hall–Kier alpha value is -3.38. The van der Waals surface area contributed by atoms with E-state index in [1.165, 1.54) is 6.92 Å². The van der Waals surface area contributed by atoms with Crippen LogP contribution in [0.15, 0.2) is 54.6 Å². The van der Waals surface area contributed by atoms with E-state index in [1.54, 1.807) is 12.1 Å². The van der Waals surface area contributed by atoms with Gasteiger partial charge in [0, 0.05) is 17.7 Å². The fraction of sp³-hybridized carbons (Fsp3) is 0.217. The lowest BCUT2D eigenvalue weighted by Gasteiger charge is -2.17. The second kappa shape index (κ2) is 7.93. The summed E-state index contributed by atoms with van der Waals surface area (Å²) in [5.41, 5.74) is 1.94.